The van der Waals surface area contributed by atoms with Gasteiger partial charge in [-0.1, -0.05) is 13.8 Å². The molecule has 1 fully saturated rings. The number of hydrogen-bond acceptors (Lipinski definition) is 6. The van der Waals surface area contributed by atoms with Crippen molar-refractivity contribution < 1.29 is 28.3 Å². The van der Waals surface area contributed by atoms with Gasteiger partial charge in [0.2, 0.25) is 24.5 Å². The molecular weight excluding hydrogens is 414 g/mol. The minimum Gasteiger partial charge on any atom is -0.467 e. The molecule has 3 heterocycles. The van der Waals surface area contributed by atoms with Crippen LogP contribution in [0.4, 0.5) is 5.69 Å². The van der Waals surface area contributed by atoms with E-state index in [0.29, 0.717) is 29.4 Å². The van der Waals surface area contributed by atoms with Crippen molar-refractivity contribution >= 4 is 23.4 Å². The summed E-state index contributed by atoms with van der Waals surface area (Å²) in [6.07, 6.45) is 2.11. The number of carbonyl (C=O) groups is 3. The van der Waals surface area contributed by atoms with E-state index in [2.05, 4.69) is 10.6 Å². The highest BCUT2D eigenvalue weighted by molar-refractivity contribution is 6.01. The molecule has 4 rings (SSSR count). The molecule has 2 aliphatic rings. The standard InChI is InChI=1S/C23H27N3O6/c1-14(2)8-18(23(29)24-11-17-4-3-7-30-17)25-22(28)15-9-21(27)26(12-15)16-5-6-19-20(10-16)32-13-31-19/h3-7,10,14-15,18H,8-9,11-13H2,1-2H3,(H,24,29)(H,25,28)/t15-,18-/m0/s1. The van der Waals surface area contributed by atoms with Crippen LogP contribution in [0.5, 0.6) is 11.5 Å². The number of ether oxygens (including phenoxy) is 2. The van der Waals surface area contributed by atoms with Crippen LogP contribution in [0.1, 0.15) is 32.4 Å². The molecule has 2 N–H and O–H groups in total. The summed E-state index contributed by atoms with van der Waals surface area (Å²) in [5.41, 5.74) is 0.657. The Labute approximate surface area is 186 Å². The number of hydrogen-bond donors (Lipinski definition) is 2. The second kappa shape index (κ2) is 9.33. The van der Waals surface area contributed by atoms with Crippen LogP contribution < -0.4 is 25.0 Å². The third kappa shape index (κ3) is 4.87. The molecule has 2 aromatic rings. The van der Waals surface area contributed by atoms with E-state index in [-0.39, 0.29) is 49.9 Å². The third-order valence-electron chi connectivity index (χ3n) is 5.52. The molecule has 0 saturated carbocycles. The average molecular weight is 441 g/mol. The number of benzene rings is 1. The highest BCUT2D eigenvalue weighted by Crippen LogP contribution is 2.37. The summed E-state index contributed by atoms with van der Waals surface area (Å²) in [7, 11) is 0. The normalized spacial score (nSPS) is 18.2. The molecule has 3 amide bonds. The molecule has 170 valence electrons. The molecule has 32 heavy (non-hydrogen) atoms. The minimum atomic E-state index is -0.688. The maximum absolute atomic E-state index is 13.0. The Bertz CT molecular complexity index is 988. The Morgan fingerprint density at radius 3 is 2.75 bits per heavy atom. The van der Waals surface area contributed by atoms with Crippen LogP contribution in [0.15, 0.2) is 41.0 Å². The second-order valence-corrected chi connectivity index (χ2v) is 8.43. The predicted molar refractivity (Wildman–Crippen MR) is 115 cm³/mol. The highest BCUT2D eigenvalue weighted by atomic mass is 16.7. The predicted octanol–water partition coefficient (Wildman–Crippen LogP) is 2.21. The maximum atomic E-state index is 13.0. The number of carbonyl (C=O) groups excluding carboxylic acids is 3. The van der Waals surface area contributed by atoms with Crippen LogP contribution in [0.25, 0.3) is 0 Å². The molecule has 2 aliphatic heterocycles. The Morgan fingerprint density at radius 1 is 1.19 bits per heavy atom. The van der Waals surface area contributed by atoms with E-state index in [1.807, 2.05) is 13.8 Å². The van der Waals surface area contributed by atoms with Crippen LogP contribution >= 0.6 is 0 Å². The molecule has 9 heteroatoms. The Balaban J connectivity index is 1.38. The smallest absolute Gasteiger partial charge is 0.242 e. The average Bonchev–Trinajstić information content (AvgIpc) is 3.51. The lowest BCUT2D eigenvalue weighted by atomic mass is 10.0. The summed E-state index contributed by atoms with van der Waals surface area (Å²) < 4.78 is 15.9. The Kier molecular flexibility index (Phi) is 6.34. The molecule has 1 aromatic heterocycles. The van der Waals surface area contributed by atoms with Gasteiger partial charge in [-0.15, -0.1) is 0 Å². The van der Waals surface area contributed by atoms with Crippen molar-refractivity contribution in [1.82, 2.24) is 10.6 Å². The molecule has 2 atom stereocenters. The number of rotatable bonds is 8. The van der Waals surface area contributed by atoms with Gasteiger partial charge in [-0.25, -0.2) is 0 Å². The van der Waals surface area contributed by atoms with Crippen molar-refractivity contribution in [3.8, 4) is 11.5 Å². The van der Waals surface area contributed by atoms with E-state index in [4.69, 9.17) is 13.9 Å². The lowest BCUT2D eigenvalue weighted by Gasteiger charge is -2.22. The van der Waals surface area contributed by atoms with E-state index in [9.17, 15) is 14.4 Å². The number of nitrogens with zero attached hydrogens (tertiary/aromatic N) is 1. The lowest BCUT2D eigenvalue weighted by Crippen LogP contribution is -2.49. The molecule has 0 radical (unpaired) electrons. The van der Waals surface area contributed by atoms with Crippen LogP contribution in [-0.4, -0.2) is 37.1 Å². The van der Waals surface area contributed by atoms with E-state index >= 15 is 0 Å². The van der Waals surface area contributed by atoms with Crippen molar-refractivity contribution in [2.75, 3.05) is 18.2 Å². The Hall–Kier alpha value is -3.49. The molecule has 0 bridgehead atoms. The largest absolute Gasteiger partial charge is 0.467 e. The van der Waals surface area contributed by atoms with Gasteiger partial charge in [-0.2, -0.15) is 0 Å². The molecule has 9 nitrogen and oxygen atoms in total. The number of amides is 3. The monoisotopic (exact) mass is 441 g/mol. The van der Waals surface area contributed by atoms with Gasteiger partial charge in [-0.05, 0) is 36.6 Å². The van der Waals surface area contributed by atoms with E-state index < -0.39 is 12.0 Å². The van der Waals surface area contributed by atoms with Gasteiger partial charge in [-0.3, -0.25) is 14.4 Å². The van der Waals surface area contributed by atoms with Gasteiger partial charge in [0.05, 0.1) is 18.7 Å². The second-order valence-electron chi connectivity index (χ2n) is 8.43. The van der Waals surface area contributed by atoms with E-state index in [1.54, 1.807) is 35.2 Å². The molecule has 0 aliphatic carbocycles. The third-order valence-corrected chi connectivity index (χ3v) is 5.52. The number of furan rings is 1. The summed E-state index contributed by atoms with van der Waals surface area (Å²) in [5, 5.41) is 5.65. The maximum Gasteiger partial charge on any atom is 0.242 e. The molecule has 1 aromatic carbocycles. The first-order chi connectivity index (χ1) is 15.4. The molecule has 1 saturated heterocycles. The lowest BCUT2D eigenvalue weighted by molar-refractivity contribution is -0.131. The van der Waals surface area contributed by atoms with Crippen molar-refractivity contribution in [3.05, 3.63) is 42.4 Å². The first kappa shape index (κ1) is 21.7. The zero-order valence-electron chi connectivity index (χ0n) is 18.1. The summed E-state index contributed by atoms with van der Waals surface area (Å²) in [5.74, 6) is 0.770. The summed E-state index contributed by atoms with van der Waals surface area (Å²) in [6, 6.07) is 8.09. The van der Waals surface area contributed by atoms with Crippen LogP contribution in [0, 0.1) is 11.8 Å². The van der Waals surface area contributed by atoms with E-state index in [1.165, 1.54) is 6.26 Å². The van der Waals surface area contributed by atoms with Crippen LogP contribution in [-0.2, 0) is 20.9 Å². The van der Waals surface area contributed by atoms with Crippen LogP contribution in [0.3, 0.4) is 0 Å². The van der Waals surface area contributed by atoms with Gasteiger partial charge >= 0.3 is 0 Å². The Morgan fingerprint density at radius 2 is 2.00 bits per heavy atom. The van der Waals surface area contributed by atoms with Crippen molar-refractivity contribution in [1.29, 1.82) is 0 Å². The number of anilines is 1. The molecular formula is C23H27N3O6. The van der Waals surface area contributed by atoms with Crippen LogP contribution in [0.2, 0.25) is 0 Å². The quantitative estimate of drug-likeness (QED) is 0.650. The van der Waals surface area contributed by atoms with Crippen molar-refractivity contribution in [3.63, 3.8) is 0 Å². The van der Waals surface area contributed by atoms with Gasteiger partial charge in [0.25, 0.3) is 0 Å². The molecule has 0 unspecified atom stereocenters. The number of nitrogens with one attached hydrogen (secondary N) is 2. The first-order valence-electron chi connectivity index (χ1n) is 10.7. The van der Waals surface area contributed by atoms with Gasteiger partial charge in [0, 0.05) is 24.7 Å². The fourth-order valence-corrected chi connectivity index (χ4v) is 3.89. The highest BCUT2D eigenvalue weighted by Gasteiger charge is 2.37. The SMILES string of the molecule is CC(C)C[C@H](NC(=O)[C@H]1CC(=O)N(c2ccc3c(c2)OCO3)C1)C(=O)NCc1ccco1. The van der Waals surface area contributed by atoms with E-state index in [0.717, 1.165) is 0 Å². The summed E-state index contributed by atoms with van der Waals surface area (Å²) in [6.45, 7) is 4.61. The summed E-state index contributed by atoms with van der Waals surface area (Å²) >= 11 is 0. The zero-order chi connectivity index (χ0) is 22.7. The fraction of sp³-hybridized carbons (Fsp3) is 0.435. The number of fused-ring (bicyclic) bond motifs is 1. The fourth-order valence-electron chi connectivity index (χ4n) is 3.89. The van der Waals surface area contributed by atoms with Gasteiger partial charge < -0.3 is 29.4 Å². The van der Waals surface area contributed by atoms with Crippen molar-refractivity contribution in [2.45, 2.75) is 39.3 Å². The first-order valence-corrected chi connectivity index (χ1v) is 10.7. The minimum absolute atomic E-state index is 0.0860. The topological polar surface area (TPSA) is 110 Å². The zero-order valence-corrected chi connectivity index (χ0v) is 18.1. The molecule has 0 spiro atoms. The van der Waals surface area contributed by atoms with Gasteiger partial charge in [0.15, 0.2) is 11.5 Å². The van der Waals surface area contributed by atoms with Crippen molar-refractivity contribution in [2.24, 2.45) is 11.8 Å². The van der Waals surface area contributed by atoms with Gasteiger partial charge in [0.1, 0.15) is 11.8 Å². The summed E-state index contributed by atoms with van der Waals surface area (Å²) in [4.78, 5) is 39.8.